The number of nitrogens with zero attached hydrogens (tertiary/aromatic N) is 1. The smallest absolute Gasteiger partial charge is 0.248 e. The Bertz CT molecular complexity index is 167. The first-order valence-corrected chi connectivity index (χ1v) is 4.90. The summed E-state index contributed by atoms with van der Waals surface area (Å²) in [7, 11) is 0. The first-order valence-electron chi connectivity index (χ1n) is 4.90. The molecule has 1 fully saturated rings. The molecule has 0 aromatic carbocycles. The van der Waals surface area contributed by atoms with E-state index in [1.54, 1.807) is 0 Å². The van der Waals surface area contributed by atoms with Crippen LogP contribution in [-0.2, 0) is 9.63 Å². The lowest BCUT2D eigenvalue weighted by atomic mass is 10.0. The van der Waals surface area contributed by atoms with Crippen molar-refractivity contribution in [1.29, 1.82) is 0 Å². The van der Waals surface area contributed by atoms with Crippen LogP contribution in [0.25, 0.3) is 0 Å². The van der Waals surface area contributed by atoms with Gasteiger partial charge in [0.1, 0.15) is 0 Å². The van der Waals surface area contributed by atoms with Crippen molar-refractivity contribution in [1.82, 2.24) is 5.06 Å². The molecule has 4 nitrogen and oxygen atoms in total. The van der Waals surface area contributed by atoms with E-state index in [9.17, 15) is 4.79 Å². The van der Waals surface area contributed by atoms with Crippen molar-refractivity contribution in [3.63, 3.8) is 0 Å². The number of hydrogen-bond acceptors (Lipinski definition) is 3. The summed E-state index contributed by atoms with van der Waals surface area (Å²) in [5, 5.41) is 1.49. The van der Waals surface area contributed by atoms with Crippen molar-refractivity contribution in [3.8, 4) is 0 Å². The maximum Gasteiger partial charge on any atom is 0.248 e. The van der Waals surface area contributed by atoms with Crippen molar-refractivity contribution in [2.24, 2.45) is 11.7 Å². The quantitative estimate of drug-likeness (QED) is 0.696. The lowest BCUT2D eigenvalue weighted by Gasteiger charge is -2.18. The predicted molar refractivity (Wildman–Crippen MR) is 49.7 cm³/mol. The molecule has 76 valence electrons. The van der Waals surface area contributed by atoms with Gasteiger partial charge in [0.05, 0.1) is 13.2 Å². The molecular formula is C9H18N2O2. The van der Waals surface area contributed by atoms with E-state index in [0.29, 0.717) is 13.2 Å². The second kappa shape index (κ2) is 5.19. The van der Waals surface area contributed by atoms with Crippen LogP contribution in [-0.4, -0.2) is 30.7 Å². The standard InChI is InChI=1S/C9H18N2O2/c1-8(4-2-5-10)9(12)11-6-3-7-13-11/h8H,2-7,10H2,1H3. The van der Waals surface area contributed by atoms with Crippen molar-refractivity contribution in [2.75, 3.05) is 19.7 Å². The number of hydroxylamine groups is 2. The molecule has 4 heteroatoms. The number of rotatable bonds is 4. The first-order chi connectivity index (χ1) is 6.25. The van der Waals surface area contributed by atoms with Crippen LogP contribution in [0.4, 0.5) is 0 Å². The number of carbonyl (C=O) groups is 1. The second-order valence-electron chi connectivity index (χ2n) is 3.46. The molecular weight excluding hydrogens is 168 g/mol. The van der Waals surface area contributed by atoms with Gasteiger partial charge in [-0.15, -0.1) is 0 Å². The summed E-state index contributed by atoms with van der Waals surface area (Å²) in [5.41, 5.74) is 5.37. The van der Waals surface area contributed by atoms with Gasteiger partial charge in [0.25, 0.3) is 0 Å². The fraction of sp³-hybridized carbons (Fsp3) is 0.889. The third kappa shape index (κ3) is 2.97. The molecule has 13 heavy (non-hydrogen) atoms. The highest BCUT2D eigenvalue weighted by Crippen LogP contribution is 2.13. The highest BCUT2D eigenvalue weighted by Gasteiger charge is 2.23. The topological polar surface area (TPSA) is 55.6 Å². The van der Waals surface area contributed by atoms with Crippen molar-refractivity contribution >= 4 is 5.91 Å². The molecule has 0 aromatic rings. The number of hydrogen-bond donors (Lipinski definition) is 1. The van der Waals surface area contributed by atoms with Crippen LogP contribution in [0, 0.1) is 5.92 Å². The minimum absolute atomic E-state index is 0.0432. The molecule has 1 unspecified atom stereocenters. The van der Waals surface area contributed by atoms with Gasteiger partial charge in [-0.1, -0.05) is 6.92 Å². The van der Waals surface area contributed by atoms with E-state index in [-0.39, 0.29) is 11.8 Å². The average Bonchev–Trinajstić information content (AvgIpc) is 2.65. The van der Waals surface area contributed by atoms with Gasteiger partial charge < -0.3 is 5.73 Å². The SMILES string of the molecule is CC(CCCN)C(=O)N1CCCO1. The molecule has 0 aliphatic carbocycles. The van der Waals surface area contributed by atoms with E-state index in [4.69, 9.17) is 10.6 Å². The van der Waals surface area contributed by atoms with Gasteiger partial charge in [0, 0.05) is 5.92 Å². The van der Waals surface area contributed by atoms with E-state index < -0.39 is 0 Å². The largest absolute Gasteiger partial charge is 0.330 e. The predicted octanol–water partition coefficient (Wildman–Crippen LogP) is 0.525. The molecule has 1 amide bonds. The zero-order valence-corrected chi connectivity index (χ0v) is 8.16. The average molecular weight is 186 g/mol. The lowest BCUT2D eigenvalue weighted by Crippen LogP contribution is -2.31. The summed E-state index contributed by atoms with van der Waals surface area (Å²) in [6, 6.07) is 0. The molecule has 1 aliphatic rings. The molecule has 1 heterocycles. The van der Waals surface area contributed by atoms with Crippen LogP contribution in [0.15, 0.2) is 0 Å². The lowest BCUT2D eigenvalue weighted by molar-refractivity contribution is -0.173. The summed E-state index contributed by atoms with van der Waals surface area (Å²) >= 11 is 0. The van der Waals surface area contributed by atoms with E-state index in [1.165, 1.54) is 5.06 Å². The second-order valence-corrected chi connectivity index (χ2v) is 3.46. The number of carbonyl (C=O) groups excluding carboxylic acids is 1. The molecule has 0 radical (unpaired) electrons. The van der Waals surface area contributed by atoms with Crippen LogP contribution in [0.2, 0.25) is 0 Å². The molecule has 0 bridgehead atoms. The summed E-state index contributed by atoms with van der Waals surface area (Å²) in [4.78, 5) is 16.8. The van der Waals surface area contributed by atoms with Gasteiger partial charge in [0.15, 0.2) is 0 Å². The molecule has 2 N–H and O–H groups in total. The van der Waals surface area contributed by atoms with Gasteiger partial charge in [-0.2, -0.15) is 0 Å². The van der Waals surface area contributed by atoms with Crippen molar-refractivity contribution in [2.45, 2.75) is 26.2 Å². The minimum Gasteiger partial charge on any atom is -0.330 e. The van der Waals surface area contributed by atoms with E-state index in [1.807, 2.05) is 6.92 Å². The zero-order chi connectivity index (χ0) is 9.68. The molecule has 0 saturated carbocycles. The zero-order valence-electron chi connectivity index (χ0n) is 8.16. The third-order valence-corrected chi connectivity index (χ3v) is 2.26. The van der Waals surface area contributed by atoms with Crippen LogP contribution >= 0.6 is 0 Å². The summed E-state index contributed by atoms with van der Waals surface area (Å²) < 4.78 is 0. The Hall–Kier alpha value is -0.610. The van der Waals surface area contributed by atoms with Gasteiger partial charge in [0.2, 0.25) is 5.91 Å². The normalized spacial score (nSPS) is 19.1. The van der Waals surface area contributed by atoms with Gasteiger partial charge in [-0.05, 0) is 25.8 Å². The van der Waals surface area contributed by atoms with Crippen LogP contribution in [0.1, 0.15) is 26.2 Å². The Labute approximate surface area is 79.0 Å². The fourth-order valence-corrected chi connectivity index (χ4v) is 1.41. The Kier molecular flexibility index (Phi) is 4.18. The van der Waals surface area contributed by atoms with Crippen LogP contribution in [0.3, 0.4) is 0 Å². The molecule has 1 aliphatic heterocycles. The molecule has 0 aromatic heterocycles. The molecule has 1 rings (SSSR count). The number of nitrogens with two attached hydrogens (primary N) is 1. The van der Waals surface area contributed by atoms with E-state index >= 15 is 0 Å². The molecule has 1 atom stereocenters. The molecule has 1 saturated heterocycles. The minimum atomic E-state index is 0.0432. The summed E-state index contributed by atoms with van der Waals surface area (Å²) in [6.45, 7) is 4.00. The third-order valence-electron chi connectivity index (χ3n) is 2.26. The van der Waals surface area contributed by atoms with Gasteiger partial charge in [-0.25, -0.2) is 5.06 Å². The van der Waals surface area contributed by atoms with Crippen molar-refractivity contribution < 1.29 is 9.63 Å². The van der Waals surface area contributed by atoms with Crippen LogP contribution in [0.5, 0.6) is 0 Å². The first kappa shape index (κ1) is 10.5. The Morgan fingerprint density at radius 1 is 1.69 bits per heavy atom. The van der Waals surface area contributed by atoms with Crippen molar-refractivity contribution in [3.05, 3.63) is 0 Å². The van der Waals surface area contributed by atoms with E-state index in [0.717, 1.165) is 25.8 Å². The Morgan fingerprint density at radius 3 is 3.00 bits per heavy atom. The van der Waals surface area contributed by atoms with Crippen LogP contribution < -0.4 is 5.73 Å². The maximum absolute atomic E-state index is 11.6. The Morgan fingerprint density at radius 2 is 2.46 bits per heavy atom. The number of amides is 1. The Balaban J connectivity index is 2.28. The van der Waals surface area contributed by atoms with Gasteiger partial charge >= 0.3 is 0 Å². The highest BCUT2D eigenvalue weighted by molar-refractivity contribution is 5.77. The maximum atomic E-state index is 11.6. The summed E-state index contributed by atoms with van der Waals surface area (Å²) in [6.07, 6.45) is 2.71. The van der Waals surface area contributed by atoms with Gasteiger partial charge in [-0.3, -0.25) is 9.63 Å². The molecule has 0 spiro atoms. The fourth-order valence-electron chi connectivity index (χ4n) is 1.41. The monoisotopic (exact) mass is 186 g/mol. The summed E-state index contributed by atoms with van der Waals surface area (Å²) in [5.74, 6) is 0.146. The highest BCUT2D eigenvalue weighted by atomic mass is 16.7. The van der Waals surface area contributed by atoms with E-state index in [2.05, 4.69) is 0 Å².